The Morgan fingerprint density at radius 3 is 2.53 bits per heavy atom. The number of methoxy groups -OCH3 is 1. The van der Waals surface area contributed by atoms with Crippen LogP contribution in [0, 0.1) is 0 Å². The van der Waals surface area contributed by atoms with Crippen molar-refractivity contribution in [3.05, 3.63) is 71.2 Å². The Labute approximate surface area is 226 Å². The Hall–Kier alpha value is -3.15. The van der Waals surface area contributed by atoms with Crippen molar-refractivity contribution in [2.45, 2.75) is 32.7 Å². The molecular formula is C30H38N5O2P. The number of fused-ring (bicyclic) bond motifs is 1. The van der Waals surface area contributed by atoms with Crippen LogP contribution in [-0.4, -0.2) is 67.5 Å². The van der Waals surface area contributed by atoms with Gasteiger partial charge in [-0.25, -0.2) is 9.97 Å². The molecule has 0 radical (unpaired) electrons. The van der Waals surface area contributed by atoms with Crippen LogP contribution in [0.1, 0.15) is 36.5 Å². The monoisotopic (exact) mass is 531 g/mol. The zero-order chi connectivity index (χ0) is 26.9. The first-order valence-electron chi connectivity index (χ1n) is 13.4. The first-order valence-corrected chi connectivity index (χ1v) is 16.0. The fourth-order valence-corrected chi connectivity index (χ4v) is 6.44. The molecule has 7 nitrogen and oxygen atoms in total. The van der Waals surface area contributed by atoms with E-state index in [0.29, 0.717) is 12.5 Å². The summed E-state index contributed by atoms with van der Waals surface area (Å²) in [5.41, 5.74) is 5.07. The average molecular weight is 532 g/mol. The lowest BCUT2D eigenvalue weighted by Gasteiger charge is -2.38. The van der Waals surface area contributed by atoms with E-state index >= 15 is 0 Å². The molecule has 2 aromatic carbocycles. The minimum Gasteiger partial charge on any atom is -0.496 e. The van der Waals surface area contributed by atoms with E-state index < -0.39 is 7.14 Å². The second-order valence-corrected chi connectivity index (χ2v) is 13.9. The molecule has 0 unspecified atom stereocenters. The number of hydrogen-bond acceptors (Lipinski definition) is 7. The quantitative estimate of drug-likeness (QED) is 0.402. The zero-order valence-corrected chi connectivity index (χ0v) is 24.0. The van der Waals surface area contributed by atoms with Crippen molar-refractivity contribution in [3.63, 3.8) is 0 Å². The summed E-state index contributed by atoms with van der Waals surface area (Å²) in [4.78, 5) is 14.8. The van der Waals surface area contributed by atoms with Crippen LogP contribution in [0.4, 0.5) is 17.2 Å². The number of nitrogens with one attached hydrogen (secondary N) is 1. The molecule has 2 aliphatic rings. The smallest absolute Gasteiger partial charge is 0.141 e. The molecule has 1 N–H and O–H groups in total. The molecular weight excluding hydrogens is 493 g/mol. The van der Waals surface area contributed by atoms with Gasteiger partial charge in [0.15, 0.2) is 0 Å². The second-order valence-electron chi connectivity index (χ2n) is 10.7. The van der Waals surface area contributed by atoms with Crippen molar-refractivity contribution in [2.24, 2.45) is 0 Å². The molecule has 38 heavy (non-hydrogen) atoms. The molecule has 2 heterocycles. The summed E-state index contributed by atoms with van der Waals surface area (Å²) < 4.78 is 18.7. The highest BCUT2D eigenvalue weighted by Gasteiger charge is 2.22. The molecule has 0 spiro atoms. The maximum atomic E-state index is 12.9. The topological polar surface area (TPSA) is 70.6 Å². The molecule has 1 fully saturated rings. The largest absolute Gasteiger partial charge is 0.496 e. The first kappa shape index (κ1) is 26.5. The highest BCUT2D eigenvalue weighted by atomic mass is 31.2. The Bertz CT molecular complexity index is 1390. The van der Waals surface area contributed by atoms with Crippen molar-refractivity contribution in [1.82, 2.24) is 14.9 Å². The predicted molar refractivity (Wildman–Crippen MR) is 158 cm³/mol. The number of para-hydroxylation sites is 1. The summed E-state index contributed by atoms with van der Waals surface area (Å²) in [7, 11) is -0.735. The van der Waals surface area contributed by atoms with Crippen LogP contribution in [0.15, 0.2) is 48.5 Å². The summed E-state index contributed by atoms with van der Waals surface area (Å²) in [6.07, 6.45) is 5.52. The number of aromatic nitrogens is 2. The number of ether oxygens (including phenoxy) is 1. The van der Waals surface area contributed by atoms with Crippen molar-refractivity contribution >= 4 is 35.7 Å². The van der Waals surface area contributed by atoms with Gasteiger partial charge in [0, 0.05) is 73.2 Å². The lowest BCUT2D eigenvalue weighted by atomic mass is 10.1. The minimum absolute atomic E-state index is 0.564. The molecule has 0 amide bonds. The zero-order valence-electron chi connectivity index (χ0n) is 23.1. The Balaban J connectivity index is 1.40. The van der Waals surface area contributed by atoms with E-state index in [0.717, 1.165) is 77.8 Å². The first-order chi connectivity index (χ1) is 18.2. The summed E-state index contributed by atoms with van der Waals surface area (Å²) in [6, 6.07) is 14.8. The highest BCUT2D eigenvalue weighted by molar-refractivity contribution is 7.70. The third-order valence-electron chi connectivity index (χ3n) is 7.43. The highest BCUT2D eigenvalue weighted by Crippen LogP contribution is 2.39. The van der Waals surface area contributed by atoms with Gasteiger partial charge < -0.3 is 19.5 Å². The molecule has 1 aliphatic heterocycles. The molecule has 3 aromatic rings. The van der Waals surface area contributed by atoms with Crippen molar-refractivity contribution in [2.75, 3.05) is 56.8 Å². The number of benzene rings is 2. The third kappa shape index (κ3) is 5.64. The summed E-state index contributed by atoms with van der Waals surface area (Å²) in [5, 5.41) is 4.30. The van der Waals surface area contributed by atoms with Crippen LogP contribution in [-0.2, 0) is 17.4 Å². The number of hydrogen-bond donors (Lipinski definition) is 1. The maximum absolute atomic E-state index is 12.9. The molecule has 5 rings (SSSR count). The Kier molecular flexibility index (Phi) is 7.60. The van der Waals surface area contributed by atoms with Crippen LogP contribution in [0.25, 0.3) is 6.08 Å². The number of allylic oxidation sites excluding steroid dienone is 1. The third-order valence-corrected chi connectivity index (χ3v) is 8.98. The molecule has 0 saturated carbocycles. The predicted octanol–water partition coefficient (Wildman–Crippen LogP) is 5.17. The van der Waals surface area contributed by atoms with E-state index in [4.69, 9.17) is 14.7 Å². The van der Waals surface area contributed by atoms with Gasteiger partial charge in [0.1, 0.15) is 24.5 Å². The number of piperazine rings is 1. The van der Waals surface area contributed by atoms with Gasteiger partial charge in [-0.05, 0) is 45.4 Å². The molecule has 200 valence electrons. The number of anilines is 3. The van der Waals surface area contributed by atoms with Gasteiger partial charge in [-0.15, -0.1) is 0 Å². The number of nitrogens with zero attached hydrogens (tertiary/aromatic N) is 4. The fourth-order valence-electron chi connectivity index (χ4n) is 5.28. The van der Waals surface area contributed by atoms with Gasteiger partial charge in [-0.1, -0.05) is 30.4 Å². The van der Waals surface area contributed by atoms with E-state index in [9.17, 15) is 4.57 Å². The lowest BCUT2D eigenvalue weighted by Crippen LogP contribution is -2.48. The van der Waals surface area contributed by atoms with Crippen molar-refractivity contribution in [1.29, 1.82) is 0 Å². The molecule has 1 aromatic heterocycles. The Morgan fingerprint density at radius 1 is 1.05 bits per heavy atom. The SMILES string of the molecule is COc1cc(N2CCN(C(C)C)CC2)ccc1Cc1nc2c(c(Nc3ccccc3P(C)(C)=O)n1)C=CC2. The molecule has 8 heteroatoms. The van der Waals surface area contributed by atoms with Gasteiger partial charge >= 0.3 is 0 Å². The van der Waals surface area contributed by atoms with Crippen LogP contribution in [0.5, 0.6) is 5.75 Å². The summed E-state index contributed by atoms with van der Waals surface area (Å²) >= 11 is 0. The standard InChI is InChI=1S/C30H38N5O2P/c1-21(2)34-15-17-35(18-16-34)23-14-13-22(27(20-23)37-3)19-29-31-25-11-8-9-24(25)30(33-29)32-26-10-6-7-12-28(26)38(4,5)36/h6-10,12-14,20-21H,11,15-19H2,1-5H3,(H,31,32,33). The Morgan fingerprint density at radius 2 is 1.82 bits per heavy atom. The fraction of sp³-hybridized carbons (Fsp3) is 0.400. The van der Waals surface area contributed by atoms with Gasteiger partial charge in [0.2, 0.25) is 0 Å². The van der Waals surface area contributed by atoms with E-state index in [2.05, 4.69) is 59.3 Å². The van der Waals surface area contributed by atoms with E-state index in [1.54, 1.807) is 20.4 Å². The summed E-state index contributed by atoms with van der Waals surface area (Å²) in [6.45, 7) is 12.3. The van der Waals surface area contributed by atoms with Crippen LogP contribution < -0.4 is 20.3 Å². The van der Waals surface area contributed by atoms with E-state index in [1.807, 2.05) is 24.3 Å². The van der Waals surface area contributed by atoms with Gasteiger partial charge in [-0.3, -0.25) is 4.90 Å². The molecule has 1 saturated heterocycles. The van der Waals surface area contributed by atoms with E-state index in [-0.39, 0.29) is 0 Å². The lowest BCUT2D eigenvalue weighted by molar-refractivity contribution is 0.209. The molecule has 0 bridgehead atoms. The number of rotatable bonds is 8. The summed E-state index contributed by atoms with van der Waals surface area (Å²) in [5.74, 6) is 2.34. The maximum Gasteiger partial charge on any atom is 0.141 e. The van der Waals surface area contributed by atoms with E-state index in [1.165, 1.54) is 5.69 Å². The van der Waals surface area contributed by atoms with Crippen molar-refractivity contribution in [3.8, 4) is 5.75 Å². The molecule has 0 atom stereocenters. The normalized spacial score (nSPS) is 15.7. The van der Waals surface area contributed by atoms with Crippen molar-refractivity contribution < 1.29 is 9.30 Å². The second kappa shape index (κ2) is 10.9. The van der Waals surface area contributed by atoms with Crippen LogP contribution >= 0.6 is 7.14 Å². The van der Waals surface area contributed by atoms with Crippen LogP contribution in [0.2, 0.25) is 0 Å². The van der Waals surface area contributed by atoms with Crippen LogP contribution in [0.3, 0.4) is 0 Å². The van der Waals surface area contributed by atoms with Gasteiger partial charge in [0.05, 0.1) is 18.5 Å². The minimum atomic E-state index is -2.46. The molecule has 1 aliphatic carbocycles. The average Bonchev–Trinajstić information content (AvgIpc) is 3.38. The van der Waals surface area contributed by atoms with Gasteiger partial charge in [-0.2, -0.15) is 0 Å². The van der Waals surface area contributed by atoms with Gasteiger partial charge in [0.25, 0.3) is 0 Å².